The van der Waals surface area contributed by atoms with Crippen molar-refractivity contribution in [3.05, 3.63) is 54.6 Å². The maximum atomic E-state index is 12.9. The van der Waals surface area contributed by atoms with E-state index in [-0.39, 0.29) is 10.9 Å². The van der Waals surface area contributed by atoms with E-state index in [1.807, 2.05) is 24.5 Å². The van der Waals surface area contributed by atoms with Gasteiger partial charge in [-0.15, -0.1) is 0 Å². The standard InChI is InChI=1S/C16H16FN3O2S/c1-11(2)20-10-18-15-9-13(5-8-16(15)20)19-23(21,22)14-6-3-12(17)4-7-14/h3-11,19H,1-2H3. The number of sulfonamides is 1. The third-order valence-electron chi connectivity index (χ3n) is 3.51. The Morgan fingerprint density at radius 2 is 1.83 bits per heavy atom. The predicted molar refractivity (Wildman–Crippen MR) is 87.3 cm³/mol. The minimum Gasteiger partial charge on any atom is -0.328 e. The van der Waals surface area contributed by atoms with E-state index >= 15 is 0 Å². The first-order valence-electron chi connectivity index (χ1n) is 7.12. The van der Waals surface area contributed by atoms with Gasteiger partial charge in [-0.1, -0.05) is 0 Å². The van der Waals surface area contributed by atoms with Crippen molar-refractivity contribution >= 4 is 26.7 Å². The quantitative estimate of drug-likeness (QED) is 0.794. The van der Waals surface area contributed by atoms with Crippen LogP contribution in [0.4, 0.5) is 10.1 Å². The van der Waals surface area contributed by atoms with Gasteiger partial charge in [-0.2, -0.15) is 0 Å². The van der Waals surface area contributed by atoms with Gasteiger partial charge < -0.3 is 4.57 Å². The van der Waals surface area contributed by atoms with Gasteiger partial charge in [0, 0.05) is 6.04 Å². The van der Waals surface area contributed by atoms with Crippen molar-refractivity contribution < 1.29 is 12.8 Å². The lowest BCUT2D eigenvalue weighted by Gasteiger charge is -2.10. The Morgan fingerprint density at radius 3 is 2.48 bits per heavy atom. The van der Waals surface area contributed by atoms with Crippen LogP contribution in [-0.4, -0.2) is 18.0 Å². The van der Waals surface area contributed by atoms with Crippen LogP contribution in [0.15, 0.2) is 53.7 Å². The Hall–Kier alpha value is -2.41. The number of rotatable bonds is 4. The molecule has 0 bridgehead atoms. The van der Waals surface area contributed by atoms with E-state index in [2.05, 4.69) is 9.71 Å². The molecule has 0 amide bonds. The summed E-state index contributed by atoms with van der Waals surface area (Å²) in [6, 6.07) is 10.1. The minimum absolute atomic E-state index is 0.00621. The van der Waals surface area contributed by atoms with E-state index in [4.69, 9.17) is 0 Å². The third-order valence-corrected chi connectivity index (χ3v) is 4.90. The smallest absolute Gasteiger partial charge is 0.261 e. The van der Waals surface area contributed by atoms with Crippen LogP contribution < -0.4 is 4.72 Å². The van der Waals surface area contributed by atoms with Gasteiger partial charge in [-0.25, -0.2) is 17.8 Å². The summed E-state index contributed by atoms with van der Waals surface area (Å²) in [6.45, 7) is 4.10. The first kappa shape index (κ1) is 15.5. The van der Waals surface area contributed by atoms with Crippen molar-refractivity contribution in [2.45, 2.75) is 24.8 Å². The van der Waals surface area contributed by atoms with Crippen LogP contribution in [0, 0.1) is 5.82 Å². The van der Waals surface area contributed by atoms with Crippen LogP contribution in [0.3, 0.4) is 0 Å². The van der Waals surface area contributed by atoms with E-state index in [9.17, 15) is 12.8 Å². The molecule has 3 rings (SSSR count). The highest BCUT2D eigenvalue weighted by Crippen LogP contribution is 2.23. The lowest BCUT2D eigenvalue weighted by atomic mass is 10.2. The van der Waals surface area contributed by atoms with Crippen molar-refractivity contribution in [2.24, 2.45) is 0 Å². The lowest BCUT2D eigenvalue weighted by molar-refractivity contribution is 0.599. The number of nitrogens with one attached hydrogen (secondary N) is 1. The Labute approximate surface area is 133 Å². The number of hydrogen-bond donors (Lipinski definition) is 1. The van der Waals surface area contributed by atoms with Crippen molar-refractivity contribution in [3.8, 4) is 0 Å². The molecule has 7 heteroatoms. The molecule has 0 fully saturated rings. The zero-order valence-corrected chi connectivity index (χ0v) is 13.5. The molecule has 3 aromatic rings. The van der Waals surface area contributed by atoms with Crippen LogP contribution in [-0.2, 0) is 10.0 Å². The van der Waals surface area contributed by atoms with Gasteiger partial charge in [0.05, 0.1) is 27.9 Å². The predicted octanol–water partition coefficient (Wildman–Crippen LogP) is 3.56. The van der Waals surface area contributed by atoms with E-state index in [1.54, 1.807) is 18.5 Å². The molecule has 1 aromatic heterocycles. The van der Waals surface area contributed by atoms with Gasteiger partial charge in [0.2, 0.25) is 0 Å². The van der Waals surface area contributed by atoms with E-state index in [0.717, 1.165) is 17.6 Å². The molecule has 5 nitrogen and oxygen atoms in total. The second-order valence-electron chi connectivity index (χ2n) is 5.51. The maximum Gasteiger partial charge on any atom is 0.261 e. The zero-order valence-electron chi connectivity index (χ0n) is 12.7. The number of hydrogen-bond acceptors (Lipinski definition) is 3. The van der Waals surface area contributed by atoms with Crippen LogP contribution in [0.25, 0.3) is 11.0 Å². The molecule has 0 radical (unpaired) electrons. The highest BCUT2D eigenvalue weighted by molar-refractivity contribution is 7.92. The van der Waals surface area contributed by atoms with Gasteiger partial charge >= 0.3 is 0 Å². The second-order valence-corrected chi connectivity index (χ2v) is 7.19. The number of fused-ring (bicyclic) bond motifs is 1. The van der Waals surface area contributed by atoms with Crippen LogP contribution in [0.2, 0.25) is 0 Å². The number of nitrogens with zero attached hydrogens (tertiary/aromatic N) is 2. The molecule has 0 saturated carbocycles. The molecule has 2 aromatic carbocycles. The molecule has 23 heavy (non-hydrogen) atoms. The molecule has 0 aliphatic carbocycles. The Balaban J connectivity index is 1.93. The van der Waals surface area contributed by atoms with Gasteiger partial charge in [-0.3, -0.25) is 4.72 Å². The van der Waals surface area contributed by atoms with E-state index in [1.165, 1.54) is 12.1 Å². The second kappa shape index (κ2) is 5.66. The van der Waals surface area contributed by atoms with Gasteiger partial charge in [-0.05, 0) is 56.3 Å². The fourth-order valence-electron chi connectivity index (χ4n) is 2.33. The Morgan fingerprint density at radius 1 is 1.13 bits per heavy atom. The molecule has 0 atom stereocenters. The largest absolute Gasteiger partial charge is 0.328 e. The summed E-state index contributed by atoms with van der Waals surface area (Å²) in [5.74, 6) is -0.482. The summed E-state index contributed by atoms with van der Waals surface area (Å²) < 4.78 is 42.0. The molecule has 120 valence electrons. The third kappa shape index (κ3) is 3.05. The Kier molecular flexibility index (Phi) is 3.81. The van der Waals surface area contributed by atoms with Crippen LogP contribution in [0.1, 0.15) is 19.9 Å². The highest BCUT2D eigenvalue weighted by atomic mass is 32.2. The molecule has 0 aliphatic heterocycles. The van der Waals surface area contributed by atoms with Crippen LogP contribution >= 0.6 is 0 Å². The number of anilines is 1. The van der Waals surface area contributed by atoms with E-state index < -0.39 is 15.8 Å². The number of aromatic nitrogens is 2. The van der Waals surface area contributed by atoms with E-state index in [0.29, 0.717) is 11.2 Å². The number of halogens is 1. The monoisotopic (exact) mass is 333 g/mol. The van der Waals surface area contributed by atoms with Crippen molar-refractivity contribution in [3.63, 3.8) is 0 Å². The number of imidazole rings is 1. The van der Waals surface area contributed by atoms with Crippen molar-refractivity contribution in [1.29, 1.82) is 0 Å². The number of benzene rings is 2. The molecular formula is C16H16FN3O2S. The van der Waals surface area contributed by atoms with Gasteiger partial charge in [0.15, 0.2) is 0 Å². The summed E-state index contributed by atoms with van der Waals surface area (Å²) in [5.41, 5.74) is 2.05. The van der Waals surface area contributed by atoms with Crippen molar-refractivity contribution in [2.75, 3.05) is 4.72 Å². The SMILES string of the molecule is CC(C)n1cnc2cc(NS(=O)(=O)c3ccc(F)cc3)ccc21. The lowest BCUT2D eigenvalue weighted by Crippen LogP contribution is -2.12. The maximum absolute atomic E-state index is 12.9. The summed E-state index contributed by atoms with van der Waals surface area (Å²) >= 11 is 0. The first-order valence-corrected chi connectivity index (χ1v) is 8.60. The molecule has 1 heterocycles. The molecule has 0 spiro atoms. The minimum atomic E-state index is -3.76. The molecule has 0 unspecified atom stereocenters. The average molecular weight is 333 g/mol. The fraction of sp³-hybridized carbons (Fsp3) is 0.188. The van der Waals surface area contributed by atoms with Crippen LogP contribution in [0.5, 0.6) is 0 Å². The Bertz CT molecular complexity index is 947. The molecule has 0 saturated heterocycles. The van der Waals surface area contributed by atoms with Crippen molar-refractivity contribution in [1.82, 2.24) is 9.55 Å². The zero-order chi connectivity index (χ0) is 16.6. The van der Waals surface area contributed by atoms with Gasteiger partial charge in [0.25, 0.3) is 10.0 Å². The highest BCUT2D eigenvalue weighted by Gasteiger charge is 2.15. The fourth-order valence-corrected chi connectivity index (χ4v) is 3.38. The summed E-state index contributed by atoms with van der Waals surface area (Å²) in [7, 11) is -3.76. The molecule has 0 aliphatic rings. The summed E-state index contributed by atoms with van der Waals surface area (Å²) in [6.07, 6.45) is 1.73. The molecule has 1 N–H and O–H groups in total. The van der Waals surface area contributed by atoms with Gasteiger partial charge in [0.1, 0.15) is 5.82 Å². The molecular weight excluding hydrogens is 317 g/mol. The average Bonchev–Trinajstić information content (AvgIpc) is 2.90. The first-order chi connectivity index (χ1) is 10.9. The topological polar surface area (TPSA) is 64.0 Å². The normalized spacial score (nSPS) is 12.0. The summed E-state index contributed by atoms with van der Waals surface area (Å²) in [5, 5.41) is 0. The summed E-state index contributed by atoms with van der Waals surface area (Å²) in [4.78, 5) is 4.30.